The molecule has 4 nitrogen and oxygen atoms in total. The van der Waals surface area contributed by atoms with E-state index in [2.05, 4.69) is 5.32 Å². The first-order chi connectivity index (χ1) is 8.54. The summed E-state index contributed by atoms with van der Waals surface area (Å²) in [7, 11) is 3.52. The molecular weight excluding hydrogens is 246 g/mol. The third kappa shape index (κ3) is 4.43. The van der Waals surface area contributed by atoms with Crippen LogP contribution < -0.4 is 11.1 Å². The Morgan fingerprint density at radius 2 is 2.06 bits per heavy atom. The molecule has 1 rings (SSSR count). The van der Waals surface area contributed by atoms with Crippen molar-refractivity contribution in [1.82, 2.24) is 10.2 Å². The average Bonchev–Trinajstić information content (AvgIpc) is 2.36. The molecule has 0 bridgehead atoms. The summed E-state index contributed by atoms with van der Waals surface area (Å²) >= 11 is 4.98. The van der Waals surface area contributed by atoms with Crippen LogP contribution in [0.2, 0.25) is 0 Å². The van der Waals surface area contributed by atoms with E-state index in [1.54, 1.807) is 7.05 Å². The van der Waals surface area contributed by atoms with Gasteiger partial charge in [0.2, 0.25) is 5.91 Å². The molecule has 0 aliphatic heterocycles. The molecule has 1 aromatic rings. The van der Waals surface area contributed by atoms with Crippen molar-refractivity contribution in [3.63, 3.8) is 0 Å². The molecule has 0 aliphatic carbocycles. The Bertz CT molecular complexity index is 408. The van der Waals surface area contributed by atoms with E-state index in [1.807, 2.05) is 42.3 Å². The number of hydrogen-bond donors (Lipinski definition) is 2. The number of carbonyl (C=O) groups is 1. The van der Waals surface area contributed by atoms with Gasteiger partial charge >= 0.3 is 0 Å². The van der Waals surface area contributed by atoms with Crippen LogP contribution in [0.15, 0.2) is 30.3 Å². The van der Waals surface area contributed by atoms with Gasteiger partial charge in [-0.05, 0) is 12.6 Å². The van der Waals surface area contributed by atoms with Crippen molar-refractivity contribution in [3.05, 3.63) is 35.9 Å². The van der Waals surface area contributed by atoms with Gasteiger partial charge in [0.05, 0.1) is 11.5 Å². The third-order valence-corrected chi connectivity index (χ3v) is 2.95. The first kappa shape index (κ1) is 14.6. The Kier molecular flexibility index (Phi) is 5.74. The van der Waals surface area contributed by atoms with Crippen molar-refractivity contribution < 1.29 is 4.79 Å². The predicted molar refractivity (Wildman–Crippen MR) is 77.3 cm³/mol. The molecule has 18 heavy (non-hydrogen) atoms. The van der Waals surface area contributed by atoms with Crippen molar-refractivity contribution in [2.75, 3.05) is 20.6 Å². The van der Waals surface area contributed by atoms with E-state index in [0.717, 1.165) is 5.56 Å². The van der Waals surface area contributed by atoms with Crippen molar-refractivity contribution in [2.45, 2.75) is 12.5 Å². The van der Waals surface area contributed by atoms with Gasteiger partial charge in [0.1, 0.15) is 0 Å². The van der Waals surface area contributed by atoms with Gasteiger partial charge in [-0.25, -0.2) is 0 Å². The van der Waals surface area contributed by atoms with Crippen molar-refractivity contribution in [3.8, 4) is 0 Å². The molecule has 98 valence electrons. The van der Waals surface area contributed by atoms with Gasteiger partial charge in [0.25, 0.3) is 0 Å². The topological polar surface area (TPSA) is 58.4 Å². The number of likely N-dealkylation sites (N-methyl/N-ethyl adjacent to an activating group) is 2. The maximum absolute atomic E-state index is 11.4. The van der Waals surface area contributed by atoms with Crippen LogP contribution in [0.1, 0.15) is 18.0 Å². The average molecular weight is 265 g/mol. The summed E-state index contributed by atoms with van der Waals surface area (Å²) in [4.78, 5) is 13.8. The molecule has 3 N–H and O–H groups in total. The summed E-state index contributed by atoms with van der Waals surface area (Å²) in [5.74, 6) is -0.0265. The fraction of sp³-hybridized carbons (Fsp3) is 0.385. The summed E-state index contributed by atoms with van der Waals surface area (Å²) in [6, 6.07) is 9.96. The number of hydrogen-bond acceptors (Lipinski definition) is 3. The number of nitrogens with one attached hydrogen (secondary N) is 1. The van der Waals surface area contributed by atoms with E-state index >= 15 is 0 Å². The molecule has 1 unspecified atom stereocenters. The fourth-order valence-electron chi connectivity index (χ4n) is 1.81. The smallest absolute Gasteiger partial charge is 0.233 e. The van der Waals surface area contributed by atoms with Gasteiger partial charge in [-0.3, -0.25) is 9.69 Å². The van der Waals surface area contributed by atoms with E-state index in [4.69, 9.17) is 18.0 Å². The predicted octanol–water partition coefficient (Wildman–Crippen LogP) is 1.08. The highest BCUT2D eigenvalue weighted by molar-refractivity contribution is 7.80. The van der Waals surface area contributed by atoms with Gasteiger partial charge in [0.15, 0.2) is 0 Å². The Morgan fingerprint density at radius 1 is 1.44 bits per heavy atom. The molecule has 0 aliphatic rings. The molecule has 0 saturated heterocycles. The third-order valence-electron chi connectivity index (χ3n) is 2.78. The monoisotopic (exact) mass is 265 g/mol. The van der Waals surface area contributed by atoms with Crippen molar-refractivity contribution >= 4 is 23.1 Å². The minimum absolute atomic E-state index is 0.0265. The standard InChI is InChI=1S/C13H19N3OS/c1-15-13(17)9-16(2)11(8-12(14)18)10-6-4-3-5-7-10/h3-7,11H,8-9H2,1-2H3,(H2,14,18)(H,15,17). The van der Waals surface area contributed by atoms with E-state index in [9.17, 15) is 4.79 Å². The lowest BCUT2D eigenvalue weighted by Gasteiger charge is -2.27. The molecule has 0 fully saturated rings. The maximum Gasteiger partial charge on any atom is 0.233 e. The molecule has 0 saturated carbocycles. The minimum Gasteiger partial charge on any atom is -0.393 e. The van der Waals surface area contributed by atoms with Gasteiger partial charge in [-0.2, -0.15) is 0 Å². The quantitative estimate of drug-likeness (QED) is 0.756. The lowest BCUT2D eigenvalue weighted by Crippen LogP contribution is -2.36. The summed E-state index contributed by atoms with van der Waals surface area (Å²) < 4.78 is 0. The molecule has 0 heterocycles. The summed E-state index contributed by atoms with van der Waals surface area (Å²) in [6.45, 7) is 0.318. The SMILES string of the molecule is CNC(=O)CN(C)C(CC(N)=S)c1ccccc1. The van der Waals surface area contributed by atoms with Crippen LogP contribution in [-0.2, 0) is 4.79 Å². The largest absolute Gasteiger partial charge is 0.393 e. The highest BCUT2D eigenvalue weighted by Crippen LogP contribution is 2.22. The van der Waals surface area contributed by atoms with Crippen LogP contribution in [0.3, 0.4) is 0 Å². The molecule has 1 atom stereocenters. The number of thiocarbonyl (C=S) groups is 1. The number of nitrogens with zero attached hydrogens (tertiary/aromatic N) is 1. The number of rotatable bonds is 6. The van der Waals surface area contributed by atoms with Gasteiger partial charge in [-0.15, -0.1) is 0 Å². The lowest BCUT2D eigenvalue weighted by atomic mass is 10.0. The summed E-state index contributed by atoms with van der Waals surface area (Å²) in [6.07, 6.45) is 0.562. The van der Waals surface area contributed by atoms with E-state index in [0.29, 0.717) is 18.0 Å². The van der Waals surface area contributed by atoms with Crippen LogP contribution in [0.4, 0.5) is 0 Å². The molecule has 0 spiro atoms. The van der Waals surface area contributed by atoms with Crippen molar-refractivity contribution in [2.24, 2.45) is 5.73 Å². The van der Waals surface area contributed by atoms with Gasteiger partial charge in [0, 0.05) is 19.5 Å². The zero-order chi connectivity index (χ0) is 13.5. The van der Waals surface area contributed by atoms with E-state index in [-0.39, 0.29) is 11.9 Å². The van der Waals surface area contributed by atoms with Crippen molar-refractivity contribution in [1.29, 1.82) is 0 Å². The lowest BCUT2D eigenvalue weighted by molar-refractivity contribution is -0.121. The Hall–Kier alpha value is -1.46. The molecule has 5 heteroatoms. The first-order valence-electron chi connectivity index (χ1n) is 5.78. The molecular formula is C13H19N3OS. The van der Waals surface area contributed by atoms with Crippen LogP contribution in [-0.4, -0.2) is 36.4 Å². The maximum atomic E-state index is 11.4. The Labute approximate surface area is 113 Å². The normalized spacial score (nSPS) is 12.2. The number of carbonyl (C=O) groups excluding carboxylic acids is 1. The Morgan fingerprint density at radius 3 is 2.56 bits per heavy atom. The summed E-state index contributed by atoms with van der Waals surface area (Å²) in [5, 5.41) is 2.61. The minimum atomic E-state index is -0.0265. The summed E-state index contributed by atoms with van der Waals surface area (Å²) in [5.41, 5.74) is 6.74. The molecule has 0 radical (unpaired) electrons. The van der Waals surface area contributed by atoms with Gasteiger partial charge in [-0.1, -0.05) is 42.5 Å². The molecule has 1 aromatic carbocycles. The highest BCUT2D eigenvalue weighted by Gasteiger charge is 2.19. The zero-order valence-corrected chi connectivity index (χ0v) is 11.5. The molecule has 1 amide bonds. The fourth-order valence-corrected chi connectivity index (χ4v) is 1.97. The van der Waals surface area contributed by atoms with Crippen LogP contribution in [0.5, 0.6) is 0 Å². The second-order valence-corrected chi connectivity index (χ2v) is 4.71. The number of nitrogens with two attached hydrogens (primary N) is 1. The number of amides is 1. The second-order valence-electron chi connectivity index (χ2n) is 4.19. The van der Waals surface area contributed by atoms with Gasteiger partial charge < -0.3 is 11.1 Å². The van der Waals surface area contributed by atoms with Crippen LogP contribution >= 0.6 is 12.2 Å². The van der Waals surface area contributed by atoms with Crippen LogP contribution in [0, 0.1) is 0 Å². The zero-order valence-electron chi connectivity index (χ0n) is 10.7. The Balaban J connectivity index is 2.84. The van der Waals surface area contributed by atoms with Crippen LogP contribution in [0.25, 0.3) is 0 Å². The number of benzene rings is 1. The first-order valence-corrected chi connectivity index (χ1v) is 6.19. The van der Waals surface area contributed by atoms with E-state index < -0.39 is 0 Å². The highest BCUT2D eigenvalue weighted by atomic mass is 32.1. The second kappa shape index (κ2) is 7.08. The van der Waals surface area contributed by atoms with E-state index in [1.165, 1.54) is 0 Å². The molecule has 0 aromatic heterocycles.